The molecule has 0 spiro atoms. The minimum atomic E-state index is -4.29. The van der Waals surface area contributed by atoms with Gasteiger partial charge < -0.3 is 15.4 Å². The summed E-state index contributed by atoms with van der Waals surface area (Å²) in [6.07, 6.45) is 2.95. The third-order valence-corrected chi connectivity index (χ3v) is 7.32. The molecule has 0 unspecified atom stereocenters. The molecule has 0 aliphatic heterocycles. The third kappa shape index (κ3) is 7.44. The van der Waals surface area contributed by atoms with Crippen molar-refractivity contribution in [3.8, 4) is 17.0 Å². The van der Waals surface area contributed by atoms with E-state index in [-0.39, 0.29) is 23.8 Å². The molecule has 1 aliphatic rings. The second kappa shape index (κ2) is 12.0. The smallest absolute Gasteiger partial charge is 0.281 e. The number of hydrogen-bond donors (Lipinski definition) is 2. The minimum absolute atomic E-state index is 0. The fraction of sp³-hybridized carbons (Fsp3) is 0.393. The van der Waals surface area contributed by atoms with E-state index in [1.807, 2.05) is 25.7 Å². The van der Waals surface area contributed by atoms with E-state index in [4.69, 9.17) is 15.5 Å². The summed E-state index contributed by atoms with van der Waals surface area (Å²) in [6, 6.07) is 11.6. The topological polar surface area (TPSA) is 128 Å². The number of pyridine rings is 2. The number of carbonyl (C=O) groups is 1. The third-order valence-electron chi connectivity index (χ3n) is 6.09. The highest BCUT2D eigenvalue weighted by Gasteiger charge is 2.29. The van der Waals surface area contributed by atoms with Gasteiger partial charge in [0.15, 0.2) is 5.03 Å². The highest BCUT2D eigenvalue weighted by molar-refractivity contribution is 7.90. The Bertz CT molecular complexity index is 1450. The van der Waals surface area contributed by atoms with E-state index in [0.717, 1.165) is 19.3 Å². The molecule has 11 heteroatoms. The zero-order valence-corrected chi connectivity index (χ0v) is 23.2. The Hall–Kier alpha value is -3.73. The molecule has 3 aromatic rings. The van der Waals surface area contributed by atoms with Crippen LogP contribution in [0.2, 0.25) is 0 Å². The number of halogens is 1. The normalized spacial score (nSPS) is 13.4. The number of carbonyl (C=O) groups excluding carboxylic acids is 1. The summed E-state index contributed by atoms with van der Waals surface area (Å²) in [4.78, 5) is 24.0. The van der Waals surface area contributed by atoms with Crippen LogP contribution in [0.4, 0.5) is 16.0 Å². The van der Waals surface area contributed by atoms with Gasteiger partial charge in [-0.15, -0.1) is 0 Å². The summed E-state index contributed by atoms with van der Waals surface area (Å²) < 4.78 is 48.1. The summed E-state index contributed by atoms with van der Waals surface area (Å²) in [7, 11) is -4.29. The number of sulfonamides is 1. The number of nitrogens with two attached hydrogens (primary N) is 1. The second-order valence-electron chi connectivity index (χ2n) is 10.2. The Balaban J connectivity index is 0.00000441. The number of hydrogen-bond acceptors (Lipinski definition) is 8. The Morgan fingerprint density at radius 3 is 2.64 bits per heavy atom. The van der Waals surface area contributed by atoms with Crippen LogP contribution in [-0.2, 0) is 10.0 Å². The van der Waals surface area contributed by atoms with E-state index in [9.17, 15) is 17.6 Å². The number of nitrogens with zero attached hydrogens (tertiary/aromatic N) is 3. The molecule has 0 radical (unpaired) electrons. The molecule has 1 aromatic carbocycles. The predicted molar refractivity (Wildman–Crippen MR) is 151 cm³/mol. The maximum atomic E-state index is 14.5. The van der Waals surface area contributed by atoms with Crippen molar-refractivity contribution in [1.29, 1.82) is 0 Å². The molecular formula is C28H36FN5O4S. The molecule has 0 atom stereocenters. The Labute approximate surface area is 230 Å². The molecule has 1 saturated carbocycles. The van der Waals surface area contributed by atoms with Crippen LogP contribution >= 0.6 is 0 Å². The van der Waals surface area contributed by atoms with E-state index in [1.54, 1.807) is 12.1 Å². The van der Waals surface area contributed by atoms with E-state index in [2.05, 4.69) is 9.71 Å². The van der Waals surface area contributed by atoms with Gasteiger partial charge in [0.25, 0.3) is 15.9 Å². The van der Waals surface area contributed by atoms with Crippen molar-refractivity contribution in [3.05, 3.63) is 59.9 Å². The highest BCUT2D eigenvalue weighted by Crippen LogP contribution is 2.34. The monoisotopic (exact) mass is 557 g/mol. The molecule has 0 saturated heterocycles. The molecule has 1 fully saturated rings. The summed E-state index contributed by atoms with van der Waals surface area (Å²) in [5, 5.41) is -0.362. The number of nitrogens with one attached hydrogen (secondary N) is 1. The van der Waals surface area contributed by atoms with Gasteiger partial charge in [-0.2, -0.15) is 8.42 Å². The van der Waals surface area contributed by atoms with Gasteiger partial charge in [0.1, 0.15) is 23.2 Å². The van der Waals surface area contributed by atoms with Crippen LogP contribution in [-0.4, -0.2) is 44.0 Å². The van der Waals surface area contributed by atoms with Gasteiger partial charge >= 0.3 is 0 Å². The molecule has 2 heterocycles. The molecule has 4 rings (SSSR count). The van der Waals surface area contributed by atoms with Crippen molar-refractivity contribution >= 4 is 27.6 Å². The number of rotatable bonds is 12. The maximum Gasteiger partial charge on any atom is 0.281 e. The standard InChI is InChI=1S/C28H34FN5O4S.H2/c1-4-12-34(16-19-8-9-19)27-23(28(35)33-39(36,37)26-7-5-6-25(30)32-26)10-11-24(31-27)20-13-21(29)15-22(14-20)38-17-18(2)3;/h5-7,10-11,13-15,18-19H,4,8-9,12,16-17H2,1-3H3,(H2,30,32)(H,33,35);1H. The molecule has 0 bridgehead atoms. The first-order chi connectivity index (χ1) is 18.6. The van der Waals surface area contributed by atoms with Crippen molar-refractivity contribution in [3.63, 3.8) is 0 Å². The fourth-order valence-electron chi connectivity index (χ4n) is 4.06. The van der Waals surface area contributed by atoms with Gasteiger partial charge in [-0.1, -0.05) is 26.8 Å². The average molecular weight is 558 g/mol. The van der Waals surface area contributed by atoms with Crippen LogP contribution in [0, 0.1) is 17.7 Å². The second-order valence-corrected chi connectivity index (χ2v) is 11.8. The van der Waals surface area contributed by atoms with E-state index in [0.29, 0.717) is 48.4 Å². The number of nitrogen functional groups attached to an aromatic ring is 1. The summed E-state index contributed by atoms with van der Waals surface area (Å²) in [5.41, 5.74) is 6.65. The largest absolute Gasteiger partial charge is 0.493 e. The number of ether oxygens (including phenoxy) is 1. The van der Waals surface area contributed by atoms with E-state index < -0.39 is 21.7 Å². The van der Waals surface area contributed by atoms with Gasteiger partial charge in [-0.25, -0.2) is 19.1 Å². The summed E-state index contributed by atoms with van der Waals surface area (Å²) in [5.74, 6) is 0.163. The number of aromatic nitrogens is 2. The summed E-state index contributed by atoms with van der Waals surface area (Å²) in [6.45, 7) is 7.75. The van der Waals surface area contributed by atoms with Crippen molar-refractivity contribution < 1.29 is 23.8 Å². The number of benzene rings is 1. The lowest BCUT2D eigenvalue weighted by molar-refractivity contribution is 0.0981. The predicted octanol–water partition coefficient (Wildman–Crippen LogP) is 4.89. The lowest BCUT2D eigenvalue weighted by atomic mass is 10.1. The molecule has 210 valence electrons. The van der Waals surface area contributed by atoms with Gasteiger partial charge in [0.2, 0.25) is 0 Å². The van der Waals surface area contributed by atoms with Crippen LogP contribution < -0.4 is 20.1 Å². The van der Waals surface area contributed by atoms with Crippen LogP contribution in [0.15, 0.2) is 53.6 Å². The Morgan fingerprint density at radius 1 is 1.21 bits per heavy atom. The van der Waals surface area contributed by atoms with Crippen molar-refractivity contribution in [1.82, 2.24) is 14.7 Å². The van der Waals surface area contributed by atoms with Crippen LogP contribution in [0.1, 0.15) is 51.8 Å². The summed E-state index contributed by atoms with van der Waals surface area (Å²) >= 11 is 0. The van der Waals surface area contributed by atoms with E-state index >= 15 is 0 Å². The first kappa shape index (κ1) is 28.3. The maximum absolute atomic E-state index is 14.5. The van der Waals surface area contributed by atoms with Gasteiger partial charge in [-0.3, -0.25) is 4.79 Å². The first-order valence-electron chi connectivity index (χ1n) is 13.0. The van der Waals surface area contributed by atoms with Crippen LogP contribution in [0.3, 0.4) is 0 Å². The fourth-order valence-corrected chi connectivity index (χ4v) is 5.00. The zero-order chi connectivity index (χ0) is 28.2. The van der Waals surface area contributed by atoms with Gasteiger partial charge in [0.05, 0.1) is 17.9 Å². The molecule has 2 aromatic heterocycles. The lowest BCUT2D eigenvalue weighted by Crippen LogP contribution is -2.35. The lowest BCUT2D eigenvalue weighted by Gasteiger charge is -2.26. The molecule has 1 amide bonds. The molecule has 3 N–H and O–H groups in total. The van der Waals surface area contributed by atoms with Crippen molar-refractivity contribution in [2.75, 3.05) is 30.3 Å². The number of amides is 1. The van der Waals surface area contributed by atoms with E-state index in [1.165, 1.54) is 36.4 Å². The SMILES string of the molecule is CCCN(CC1CC1)c1nc(-c2cc(F)cc(OCC(C)C)c2)ccc1C(=O)NS(=O)(=O)c1cccc(N)n1.[HH]. The molecule has 39 heavy (non-hydrogen) atoms. The average Bonchev–Trinajstić information content (AvgIpc) is 3.70. The minimum Gasteiger partial charge on any atom is -0.493 e. The van der Waals surface area contributed by atoms with Crippen molar-refractivity contribution in [2.45, 2.75) is 45.1 Å². The quantitative estimate of drug-likeness (QED) is 0.322. The highest BCUT2D eigenvalue weighted by atomic mass is 32.2. The molecular weight excluding hydrogens is 521 g/mol. The van der Waals surface area contributed by atoms with Crippen LogP contribution in [0.5, 0.6) is 5.75 Å². The van der Waals surface area contributed by atoms with Gasteiger partial charge in [0, 0.05) is 26.1 Å². The Kier molecular flexibility index (Phi) is 8.69. The molecule has 9 nitrogen and oxygen atoms in total. The number of anilines is 2. The zero-order valence-electron chi connectivity index (χ0n) is 22.4. The van der Waals surface area contributed by atoms with Gasteiger partial charge in [-0.05, 0) is 67.5 Å². The van der Waals surface area contributed by atoms with Crippen molar-refractivity contribution in [2.24, 2.45) is 11.8 Å². The first-order valence-corrected chi connectivity index (χ1v) is 14.5. The van der Waals surface area contributed by atoms with Crippen LogP contribution in [0.25, 0.3) is 11.3 Å². The Morgan fingerprint density at radius 2 is 1.97 bits per heavy atom. The molecule has 1 aliphatic carbocycles.